The first kappa shape index (κ1) is 24.3. The molecule has 0 saturated heterocycles. The summed E-state index contributed by atoms with van der Waals surface area (Å²) in [7, 11) is 0. The van der Waals surface area contributed by atoms with E-state index in [0.717, 1.165) is 50.5 Å². The molecule has 0 N–H and O–H groups in total. The summed E-state index contributed by atoms with van der Waals surface area (Å²) in [5.41, 5.74) is 0. The van der Waals surface area contributed by atoms with Crippen molar-refractivity contribution in [2.45, 2.75) is 90.3 Å². The predicted molar refractivity (Wildman–Crippen MR) is 120 cm³/mol. The molecule has 1 aromatic carbocycles. The maximum absolute atomic E-state index is 14.7. The summed E-state index contributed by atoms with van der Waals surface area (Å²) >= 11 is 0. The molecule has 0 amide bonds. The number of hydrogen-bond acceptors (Lipinski definition) is 3. The summed E-state index contributed by atoms with van der Waals surface area (Å²) in [6.07, 6.45) is 9.51. The maximum atomic E-state index is 14.7. The Morgan fingerprint density at radius 2 is 1.71 bits per heavy atom. The SMILES string of the molecule is CCCOc1ccc(OCCC(F)C2CCC(OCC3CCC(C)CC3)CC2)cc1F. The highest BCUT2D eigenvalue weighted by atomic mass is 19.1. The molecule has 0 aromatic heterocycles. The van der Waals surface area contributed by atoms with E-state index < -0.39 is 12.0 Å². The van der Waals surface area contributed by atoms with E-state index in [1.54, 1.807) is 12.1 Å². The van der Waals surface area contributed by atoms with Gasteiger partial charge in [-0.05, 0) is 74.8 Å². The Kier molecular flexibility index (Phi) is 9.89. The zero-order valence-corrected chi connectivity index (χ0v) is 19.3. The van der Waals surface area contributed by atoms with Crippen LogP contribution in [0, 0.1) is 23.6 Å². The Labute approximate surface area is 186 Å². The smallest absolute Gasteiger partial charge is 0.168 e. The molecule has 1 atom stereocenters. The Morgan fingerprint density at radius 3 is 2.39 bits per heavy atom. The molecule has 2 aliphatic carbocycles. The highest BCUT2D eigenvalue weighted by Crippen LogP contribution is 2.33. The van der Waals surface area contributed by atoms with Crippen LogP contribution in [0.25, 0.3) is 0 Å². The molecule has 2 fully saturated rings. The summed E-state index contributed by atoms with van der Waals surface area (Å²) in [4.78, 5) is 0. The van der Waals surface area contributed by atoms with Crippen molar-refractivity contribution in [2.24, 2.45) is 17.8 Å². The minimum Gasteiger partial charge on any atom is -0.493 e. The van der Waals surface area contributed by atoms with Gasteiger partial charge < -0.3 is 14.2 Å². The number of hydrogen-bond donors (Lipinski definition) is 0. The van der Waals surface area contributed by atoms with E-state index in [-0.39, 0.29) is 18.3 Å². The molecule has 0 bridgehead atoms. The average molecular weight is 439 g/mol. The van der Waals surface area contributed by atoms with Gasteiger partial charge in [0.2, 0.25) is 0 Å². The Morgan fingerprint density at radius 1 is 0.968 bits per heavy atom. The van der Waals surface area contributed by atoms with Crippen LogP contribution in [0.2, 0.25) is 0 Å². The van der Waals surface area contributed by atoms with Gasteiger partial charge in [-0.2, -0.15) is 0 Å². The topological polar surface area (TPSA) is 27.7 Å². The molecule has 176 valence electrons. The second-order valence-electron chi connectivity index (χ2n) is 9.59. The van der Waals surface area contributed by atoms with E-state index in [9.17, 15) is 8.78 Å². The van der Waals surface area contributed by atoms with Crippen LogP contribution in [0.5, 0.6) is 11.5 Å². The predicted octanol–water partition coefficient (Wildman–Crippen LogP) is 7.12. The highest BCUT2D eigenvalue weighted by molar-refractivity contribution is 5.33. The van der Waals surface area contributed by atoms with Crippen LogP contribution in [0.3, 0.4) is 0 Å². The number of ether oxygens (including phenoxy) is 3. The van der Waals surface area contributed by atoms with Crippen LogP contribution < -0.4 is 9.47 Å². The molecular weight excluding hydrogens is 398 g/mol. The summed E-state index contributed by atoms with van der Waals surface area (Å²) in [6.45, 7) is 5.93. The molecule has 2 aliphatic rings. The molecule has 2 saturated carbocycles. The minimum atomic E-state index is -0.877. The standard InChI is InChI=1S/C26H40F2O3/c1-3-15-30-26-13-12-23(17-25(26)28)29-16-14-24(27)21-8-10-22(11-9-21)31-18-20-6-4-19(2)5-7-20/h12-13,17,19-22,24H,3-11,14-16,18H2,1-2H3. The van der Waals surface area contributed by atoms with Crippen molar-refractivity contribution in [1.82, 2.24) is 0 Å². The van der Waals surface area contributed by atoms with Gasteiger partial charge in [-0.25, -0.2) is 8.78 Å². The molecule has 31 heavy (non-hydrogen) atoms. The van der Waals surface area contributed by atoms with Gasteiger partial charge in [0.25, 0.3) is 0 Å². The highest BCUT2D eigenvalue weighted by Gasteiger charge is 2.29. The van der Waals surface area contributed by atoms with Crippen molar-refractivity contribution in [3.63, 3.8) is 0 Å². The van der Waals surface area contributed by atoms with Gasteiger partial charge in [0.15, 0.2) is 11.6 Å². The normalized spacial score (nSPS) is 27.6. The summed E-state index contributed by atoms with van der Waals surface area (Å²) < 4.78 is 45.8. The van der Waals surface area contributed by atoms with Gasteiger partial charge in [0.05, 0.1) is 19.3 Å². The van der Waals surface area contributed by atoms with Gasteiger partial charge in [-0.3, -0.25) is 0 Å². The van der Waals surface area contributed by atoms with Gasteiger partial charge in [0, 0.05) is 19.1 Å². The van der Waals surface area contributed by atoms with Gasteiger partial charge in [-0.15, -0.1) is 0 Å². The third-order valence-corrected chi connectivity index (χ3v) is 6.96. The molecular formula is C26H40F2O3. The first-order valence-corrected chi connectivity index (χ1v) is 12.4. The van der Waals surface area contributed by atoms with E-state index in [2.05, 4.69) is 6.92 Å². The van der Waals surface area contributed by atoms with Crippen molar-refractivity contribution >= 4 is 0 Å². The molecule has 5 heteroatoms. The van der Waals surface area contributed by atoms with E-state index in [1.807, 2.05) is 6.92 Å². The molecule has 0 heterocycles. The average Bonchev–Trinajstić information content (AvgIpc) is 2.78. The van der Waals surface area contributed by atoms with Crippen LogP contribution in [-0.4, -0.2) is 32.1 Å². The quantitative estimate of drug-likeness (QED) is 0.368. The lowest BCUT2D eigenvalue weighted by Gasteiger charge is -2.32. The van der Waals surface area contributed by atoms with Crippen molar-refractivity contribution in [1.29, 1.82) is 0 Å². The molecule has 0 radical (unpaired) electrons. The number of alkyl halides is 1. The minimum absolute atomic E-state index is 0.0838. The number of benzene rings is 1. The van der Waals surface area contributed by atoms with E-state index in [0.29, 0.717) is 24.9 Å². The van der Waals surface area contributed by atoms with Crippen LogP contribution >= 0.6 is 0 Å². The van der Waals surface area contributed by atoms with Crippen LogP contribution in [-0.2, 0) is 4.74 Å². The fraction of sp³-hybridized carbons (Fsp3) is 0.769. The van der Waals surface area contributed by atoms with Crippen molar-refractivity contribution in [2.75, 3.05) is 19.8 Å². The third-order valence-electron chi connectivity index (χ3n) is 6.96. The largest absolute Gasteiger partial charge is 0.493 e. The molecule has 1 aromatic rings. The van der Waals surface area contributed by atoms with Gasteiger partial charge >= 0.3 is 0 Å². The molecule has 3 nitrogen and oxygen atoms in total. The first-order valence-electron chi connectivity index (χ1n) is 12.4. The fourth-order valence-electron chi connectivity index (χ4n) is 4.81. The van der Waals surface area contributed by atoms with E-state index >= 15 is 0 Å². The molecule has 0 spiro atoms. The van der Waals surface area contributed by atoms with Crippen molar-refractivity contribution < 1.29 is 23.0 Å². The monoisotopic (exact) mass is 438 g/mol. The zero-order chi connectivity index (χ0) is 22.1. The van der Waals surface area contributed by atoms with Crippen LogP contribution in [0.4, 0.5) is 8.78 Å². The van der Waals surface area contributed by atoms with E-state index in [1.165, 1.54) is 31.7 Å². The van der Waals surface area contributed by atoms with E-state index in [4.69, 9.17) is 14.2 Å². The van der Waals surface area contributed by atoms with Crippen LogP contribution in [0.15, 0.2) is 18.2 Å². The van der Waals surface area contributed by atoms with Crippen molar-refractivity contribution in [3.05, 3.63) is 24.0 Å². The summed E-state index contributed by atoms with van der Waals surface area (Å²) in [5.74, 6) is 1.88. The zero-order valence-electron chi connectivity index (χ0n) is 19.3. The first-order chi connectivity index (χ1) is 15.0. The van der Waals surface area contributed by atoms with Crippen molar-refractivity contribution in [3.8, 4) is 11.5 Å². The Bertz CT molecular complexity index is 638. The molecule has 1 unspecified atom stereocenters. The van der Waals surface area contributed by atoms with Gasteiger partial charge in [0.1, 0.15) is 11.9 Å². The summed E-state index contributed by atoms with van der Waals surface area (Å²) in [5, 5.41) is 0. The Hall–Kier alpha value is -1.36. The lowest BCUT2D eigenvalue weighted by molar-refractivity contribution is -0.0171. The maximum Gasteiger partial charge on any atom is 0.168 e. The molecule has 0 aliphatic heterocycles. The van der Waals surface area contributed by atoms with Gasteiger partial charge in [-0.1, -0.05) is 26.7 Å². The van der Waals surface area contributed by atoms with Crippen LogP contribution in [0.1, 0.15) is 78.1 Å². The lowest BCUT2D eigenvalue weighted by Crippen LogP contribution is -2.29. The number of rotatable bonds is 11. The second-order valence-corrected chi connectivity index (χ2v) is 9.59. The Balaban J connectivity index is 1.30. The third kappa shape index (κ3) is 7.93. The molecule has 3 rings (SSSR count). The fourth-order valence-corrected chi connectivity index (χ4v) is 4.81. The number of halogens is 2. The lowest BCUT2D eigenvalue weighted by atomic mass is 9.82. The summed E-state index contributed by atoms with van der Waals surface area (Å²) in [6, 6.07) is 4.56. The second kappa shape index (κ2) is 12.6.